The monoisotopic (exact) mass is 120 g/mol. The van der Waals surface area contributed by atoms with E-state index in [1.165, 1.54) is 6.92 Å². The lowest BCUT2D eigenvalue weighted by Crippen LogP contribution is -2.15. The molecule has 0 fully saturated rings. The highest BCUT2D eigenvalue weighted by Crippen LogP contribution is 2.13. The van der Waals surface area contributed by atoms with Crippen LogP contribution in [0, 0.1) is 0 Å². The zero-order valence-corrected chi connectivity index (χ0v) is 5.45. The Kier molecular flexibility index (Phi) is 2.98. The summed E-state index contributed by atoms with van der Waals surface area (Å²) >= 11 is 0. The van der Waals surface area contributed by atoms with Gasteiger partial charge < -0.3 is 5.11 Å². The van der Waals surface area contributed by atoms with Crippen LogP contribution >= 0.6 is 0 Å². The molecule has 0 aliphatic rings. The van der Waals surface area contributed by atoms with Crippen molar-refractivity contribution >= 4 is 0 Å². The topological polar surface area (TPSA) is 20.2 Å². The third-order valence-corrected chi connectivity index (χ3v) is 0.987. The van der Waals surface area contributed by atoms with Crippen molar-refractivity contribution in [3.05, 3.63) is 0 Å². The van der Waals surface area contributed by atoms with Gasteiger partial charge in [-0.25, -0.2) is 4.39 Å². The van der Waals surface area contributed by atoms with E-state index in [9.17, 15) is 4.39 Å². The zero-order valence-electron chi connectivity index (χ0n) is 5.45. The van der Waals surface area contributed by atoms with Crippen molar-refractivity contribution in [1.29, 1.82) is 0 Å². The van der Waals surface area contributed by atoms with Gasteiger partial charge in [-0.3, -0.25) is 0 Å². The van der Waals surface area contributed by atoms with Gasteiger partial charge in [0.25, 0.3) is 0 Å². The van der Waals surface area contributed by atoms with Crippen molar-refractivity contribution in [3.8, 4) is 0 Å². The quantitative estimate of drug-likeness (QED) is 0.602. The minimum atomic E-state index is -1.95. The summed E-state index contributed by atoms with van der Waals surface area (Å²) in [6.07, 6.45) is 1.94. The van der Waals surface area contributed by atoms with Crippen LogP contribution in [0.1, 0.15) is 33.1 Å². The van der Waals surface area contributed by atoms with Gasteiger partial charge in [0.2, 0.25) is 5.85 Å². The predicted octanol–water partition coefficient (Wildman–Crippen LogP) is 1.85. The van der Waals surface area contributed by atoms with Gasteiger partial charge in [0.15, 0.2) is 0 Å². The van der Waals surface area contributed by atoms with Gasteiger partial charge >= 0.3 is 0 Å². The third-order valence-electron chi connectivity index (χ3n) is 0.987. The molecule has 2 heteroatoms. The molecule has 0 amide bonds. The molecule has 0 unspecified atom stereocenters. The first kappa shape index (κ1) is 7.89. The summed E-state index contributed by atoms with van der Waals surface area (Å²) in [6, 6.07) is 0. The molecule has 0 aromatic carbocycles. The molecule has 0 aliphatic heterocycles. The normalized spacial score (nSPS) is 18.0. The Labute approximate surface area is 49.5 Å². The number of hydrogen-bond acceptors (Lipinski definition) is 1. The fourth-order valence-electron chi connectivity index (χ4n) is 0.499. The average molecular weight is 120 g/mol. The molecule has 8 heavy (non-hydrogen) atoms. The van der Waals surface area contributed by atoms with E-state index in [0.29, 0.717) is 0 Å². The van der Waals surface area contributed by atoms with Gasteiger partial charge in [0, 0.05) is 6.42 Å². The summed E-state index contributed by atoms with van der Waals surface area (Å²) in [5, 5.41) is 8.48. The number of aliphatic hydroxyl groups is 1. The summed E-state index contributed by atoms with van der Waals surface area (Å²) in [6.45, 7) is 3.15. The summed E-state index contributed by atoms with van der Waals surface area (Å²) < 4.78 is 12.1. The Morgan fingerprint density at radius 3 is 2.25 bits per heavy atom. The summed E-state index contributed by atoms with van der Waals surface area (Å²) in [7, 11) is 0. The molecule has 0 bridgehead atoms. The lowest BCUT2D eigenvalue weighted by atomic mass is 10.1. The van der Waals surface area contributed by atoms with E-state index in [1.54, 1.807) is 0 Å². The minimum absolute atomic E-state index is 0.253. The zero-order chi connectivity index (χ0) is 6.62. The van der Waals surface area contributed by atoms with Crippen LogP contribution in [0.5, 0.6) is 0 Å². The lowest BCUT2D eigenvalue weighted by molar-refractivity contribution is -0.0777. The molecule has 0 heterocycles. The van der Waals surface area contributed by atoms with Crippen LogP contribution in [0.25, 0.3) is 0 Å². The first-order valence-electron chi connectivity index (χ1n) is 2.97. The number of rotatable bonds is 3. The SMILES string of the molecule is CCCC[C@@](C)(O)F. The first-order valence-corrected chi connectivity index (χ1v) is 2.97. The number of unbranched alkanes of at least 4 members (excludes halogenated alkanes) is 1. The standard InChI is InChI=1S/C6H13FO/c1-3-4-5-6(2,7)8/h8H,3-5H2,1-2H3/t6-/m1/s1. The van der Waals surface area contributed by atoms with Gasteiger partial charge in [-0.1, -0.05) is 13.3 Å². The van der Waals surface area contributed by atoms with E-state index in [2.05, 4.69) is 0 Å². The molecule has 0 aromatic heterocycles. The van der Waals surface area contributed by atoms with Gasteiger partial charge in [0.1, 0.15) is 0 Å². The highest BCUT2D eigenvalue weighted by Gasteiger charge is 2.15. The van der Waals surface area contributed by atoms with Crippen LogP contribution in [0.2, 0.25) is 0 Å². The fourth-order valence-corrected chi connectivity index (χ4v) is 0.499. The van der Waals surface area contributed by atoms with Crippen molar-refractivity contribution in [1.82, 2.24) is 0 Å². The van der Waals surface area contributed by atoms with Crippen LogP contribution in [0.4, 0.5) is 4.39 Å². The number of hydrogen-bond donors (Lipinski definition) is 1. The molecule has 1 atom stereocenters. The number of halogens is 1. The van der Waals surface area contributed by atoms with Crippen LogP contribution < -0.4 is 0 Å². The maximum Gasteiger partial charge on any atom is 0.203 e. The smallest absolute Gasteiger partial charge is 0.203 e. The Morgan fingerprint density at radius 1 is 1.62 bits per heavy atom. The highest BCUT2D eigenvalue weighted by molar-refractivity contribution is 4.54. The summed E-state index contributed by atoms with van der Waals surface area (Å²) in [5.74, 6) is -1.95. The average Bonchev–Trinajstić information content (AvgIpc) is 1.59. The Morgan fingerprint density at radius 2 is 2.12 bits per heavy atom. The molecule has 0 rings (SSSR count). The van der Waals surface area contributed by atoms with Gasteiger partial charge in [0.05, 0.1) is 0 Å². The molecule has 1 nitrogen and oxygen atoms in total. The van der Waals surface area contributed by atoms with Gasteiger partial charge in [-0.2, -0.15) is 0 Å². The second-order valence-electron chi connectivity index (χ2n) is 2.25. The second-order valence-corrected chi connectivity index (χ2v) is 2.25. The highest BCUT2D eigenvalue weighted by atomic mass is 19.2. The molecule has 0 spiro atoms. The Bertz CT molecular complexity index is 56.0. The van der Waals surface area contributed by atoms with Gasteiger partial charge in [-0.05, 0) is 13.3 Å². The van der Waals surface area contributed by atoms with Crippen molar-refractivity contribution in [2.75, 3.05) is 0 Å². The molecule has 0 aromatic rings. The molecule has 0 radical (unpaired) electrons. The third kappa shape index (κ3) is 5.89. The van der Waals surface area contributed by atoms with E-state index in [1.807, 2.05) is 6.92 Å². The lowest BCUT2D eigenvalue weighted by Gasteiger charge is -2.10. The summed E-state index contributed by atoms with van der Waals surface area (Å²) in [5.41, 5.74) is 0. The van der Waals surface area contributed by atoms with E-state index in [0.717, 1.165) is 12.8 Å². The molecule has 0 saturated carbocycles. The number of alkyl halides is 1. The molecule has 50 valence electrons. The van der Waals surface area contributed by atoms with E-state index < -0.39 is 5.85 Å². The largest absolute Gasteiger partial charge is 0.362 e. The molecular weight excluding hydrogens is 107 g/mol. The fraction of sp³-hybridized carbons (Fsp3) is 1.00. The predicted molar refractivity (Wildman–Crippen MR) is 31.3 cm³/mol. The van der Waals surface area contributed by atoms with Crippen molar-refractivity contribution in [2.45, 2.75) is 39.0 Å². The molecule has 0 saturated heterocycles. The Balaban J connectivity index is 3.11. The van der Waals surface area contributed by atoms with Crippen LogP contribution in [0.15, 0.2) is 0 Å². The maximum atomic E-state index is 12.1. The second kappa shape index (κ2) is 3.02. The van der Waals surface area contributed by atoms with Crippen molar-refractivity contribution < 1.29 is 9.50 Å². The first-order chi connectivity index (χ1) is 3.56. The van der Waals surface area contributed by atoms with Crippen LogP contribution in [0.3, 0.4) is 0 Å². The van der Waals surface area contributed by atoms with Crippen molar-refractivity contribution in [2.24, 2.45) is 0 Å². The van der Waals surface area contributed by atoms with Crippen LogP contribution in [-0.4, -0.2) is 11.0 Å². The van der Waals surface area contributed by atoms with Crippen LogP contribution in [-0.2, 0) is 0 Å². The summed E-state index contributed by atoms with van der Waals surface area (Å²) in [4.78, 5) is 0. The molecular formula is C6H13FO. The maximum absolute atomic E-state index is 12.1. The minimum Gasteiger partial charge on any atom is -0.362 e. The Hall–Kier alpha value is -0.110. The molecule has 1 N–H and O–H groups in total. The van der Waals surface area contributed by atoms with Gasteiger partial charge in [-0.15, -0.1) is 0 Å². The van der Waals surface area contributed by atoms with E-state index in [4.69, 9.17) is 5.11 Å². The van der Waals surface area contributed by atoms with E-state index >= 15 is 0 Å². The van der Waals surface area contributed by atoms with Crippen molar-refractivity contribution in [3.63, 3.8) is 0 Å². The molecule has 0 aliphatic carbocycles. The van der Waals surface area contributed by atoms with E-state index in [-0.39, 0.29) is 6.42 Å².